The molecule has 0 amide bonds. The van der Waals surface area contributed by atoms with E-state index in [0.717, 1.165) is 18.4 Å². The van der Waals surface area contributed by atoms with Crippen LogP contribution in [0.3, 0.4) is 0 Å². The van der Waals surface area contributed by atoms with E-state index in [1.165, 1.54) is 0 Å². The molecule has 1 aliphatic rings. The maximum absolute atomic E-state index is 11.4. The van der Waals surface area contributed by atoms with Crippen LogP contribution in [0.25, 0.3) is 11.4 Å². The zero-order valence-electron chi connectivity index (χ0n) is 10.9. The summed E-state index contributed by atoms with van der Waals surface area (Å²) in [6.45, 7) is 0. The van der Waals surface area contributed by atoms with Crippen molar-refractivity contribution in [2.45, 2.75) is 18.9 Å². The second-order valence-electron chi connectivity index (χ2n) is 4.87. The predicted molar refractivity (Wildman–Crippen MR) is 78.2 cm³/mol. The van der Waals surface area contributed by atoms with E-state index in [-0.39, 0.29) is 6.04 Å². The molecule has 4 N–H and O–H groups in total. The van der Waals surface area contributed by atoms with E-state index in [9.17, 15) is 4.21 Å². The number of nitrogens with zero attached hydrogens (tertiary/aromatic N) is 4. The average molecular weight is 292 g/mol. The first-order chi connectivity index (χ1) is 9.65. The molecule has 0 saturated carbocycles. The van der Waals surface area contributed by atoms with Crippen LogP contribution in [0.5, 0.6) is 0 Å². The molecule has 1 aromatic carbocycles. The second-order valence-corrected chi connectivity index (χ2v) is 6.57. The van der Waals surface area contributed by atoms with Gasteiger partial charge >= 0.3 is 0 Å². The standard InChI is InChI=1S/C12H16N6OS/c13-8-1-2-10(11(14)7-8)12-15-16-17-18(12)9-3-5-20(19)6-4-9/h1-2,7,9H,3-6,13-14H2. The minimum atomic E-state index is -0.704. The smallest absolute Gasteiger partial charge is 0.184 e. The topological polar surface area (TPSA) is 113 Å². The summed E-state index contributed by atoms with van der Waals surface area (Å²) in [5.41, 5.74) is 13.6. The SMILES string of the molecule is Nc1ccc(-c2nnnn2C2CCS(=O)CC2)c(N)c1. The highest BCUT2D eigenvalue weighted by atomic mass is 32.2. The number of anilines is 2. The van der Waals surface area contributed by atoms with Gasteiger partial charge in [-0.05, 0) is 41.5 Å². The third kappa shape index (κ3) is 2.38. The Labute approximate surface area is 118 Å². The highest BCUT2D eigenvalue weighted by molar-refractivity contribution is 7.85. The minimum Gasteiger partial charge on any atom is -0.399 e. The Morgan fingerprint density at radius 2 is 2.00 bits per heavy atom. The van der Waals surface area contributed by atoms with Gasteiger partial charge in [0.15, 0.2) is 5.82 Å². The summed E-state index contributed by atoms with van der Waals surface area (Å²) in [4.78, 5) is 0. The molecule has 3 rings (SSSR count). The molecule has 20 heavy (non-hydrogen) atoms. The molecule has 2 aromatic rings. The van der Waals surface area contributed by atoms with Crippen LogP contribution in [0, 0.1) is 0 Å². The van der Waals surface area contributed by atoms with E-state index in [1.54, 1.807) is 16.8 Å². The van der Waals surface area contributed by atoms with E-state index >= 15 is 0 Å². The van der Waals surface area contributed by atoms with Crippen molar-refractivity contribution >= 4 is 22.2 Å². The summed E-state index contributed by atoms with van der Waals surface area (Å²) >= 11 is 0. The van der Waals surface area contributed by atoms with Crippen molar-refractivity contribution in [3.8, 4) is 11.4 Å². The fraction of sp³-hybridized carbons (Fsp3) is 0.417. The van der Waals surface area contributed by atoms with Gasteiger partial charge in [-0.25, -0.2) is 4.68 Å². The first-order valence-electron chi connectivity index (χ1n) is 6.43. The van der Waals surface area contributed by atoms with Crippen molar-refractivity contribution in [1.82, 2.24) is 20.2 Å². The van der Waals surface area contributed by atoms with Crippen molar-refractivity contribution in [1.29, 1.82) is 0 Å². The molecule has 1 aliphatic heterocycles. The second kappa shape index (κ2) is 5.20. The van der Waals surface area contributed by atoms with E-state index in [1.807, 2.05) is 6.07 Å². The summed E-state index contributed by atoms with van der Waals surface area (Å²) in [5.74, 6) is 2.03. The maximum Gasteiger partial charge on any atom is 0.184 e. The third-order valence-electron chi connectivity index (χ3n) is 3.51. The molecule has 2 heterocycles. The molecule has 0 aliphatic carbocycles. The normalized spacial score (nSPS) is 22.8. The summed E-state index contributed by atoms with van der Waals surface area (Å²) in [6.07, 6.45) is 1.64. The number of aromatic nitrogens is 4. The molecule has 0 unspecified atom stereocenters. The van der Waals surface area contributed by atoms with Crippen molar-refractivity contribution in [3.05, 3.63) is 18.2 Å². The molecule has 1 saturated heterocycles. The Morgan fingerprint density at radius 1 is 1.25 bits per heavy atom. The quantitative estimate of drug-likeness (QED) is 0.783. The molecule has 0 atom stereocenters. The zero-order chi connectivity index (χ0) is 14.1. The van der Waals surface area contributed by atoms with Crippen molar-refractivity contribution in [2.75, 3.05) is 23.0 Å². The van der Waals surface area contributed by atoms with Gasteiger partial charge in [-0.15, -0.1) is 5.10 Å². The van der Waals surface area contributed by atoms with Gasteiger partial charge in [0.05, 0.1) is 6.04 Å². The van der Waals surface area contributed by atoms with Gasteiger partial charge in [0.25, 0.3) is 0 Å². The Bertz CT molecular complexity index is 645. The van der Waals surface area contributed by atoms with E-state index < -0.39 is 10.8 Å². The molecule has 1 fully saturated rings. The number of tetrazole rings is 1. The van der Waals surface area contributed by atoms with Crippen molar-refractivity contribution in [3.63, 3.8) is 0 Å². The van der Waals surface area contributed by atoms with Gasteiger partial charge in [0, 0.05) is 39.2 Å². The number of rotatable bonds is 2. The Kier molecular flexibility index (Phi) is 3.39. The van der Waals surface area contributed by atoms with Gasteiger partial charge in [0.1, 0.15) is 0 Å². The van der Waals surface area contributed by atoms with Crippen LogP contribution < -0.4 is 11.5 Å². The van der Waals surface area contributed by atoms with Crippen molar-refractivity contribution in [2.24, 2.45) is 0 Å². The fourth-order valence-electron chi connectivity index (χ4n) is 2.43. The average Bonchev–Trinajstić information content (AvgIpc) is 2.88. The van der Waals surface area contributed by atoms with Crippen LogP contribution in [0.1, 0.15) is 18.9 Å². The van der Waals surface area contributed by atoms with Gasteiger partial charge in [-0.1, -0.05) is 0 Å². The molecular formula is C12H16N6OS. The van der Waals surface area contributed by atoms with Crippen LogP contribution >= 0.6 is 0 Å². The minimum absolute atomic E-state index is 0.176. The Hall–Kier alpha value is -1.96. The highest BCUT2D eigenvalue weighted by Crippen LogP contribution is 2.30. The Balaban J connectivity index is 1.95. The predicted octanol–water partition coefficient (Wildman–Crippen LogP) is 0.588. The molecule has 0 spiro atoms. The number of hydrogen-bond donors (Lipinski definition) is 2. The van der Waals surface area contributed by atoms with Gasteiger partial charge in [-0.2, -0.15) is 0 Å². The third-order valence-corrected chi connectivity index (χ3v) is 4.89. The van der Waals surface area contributed by atoms with E-state index in [0.29, 0.717) is 28.7 Å². The first-order valence-corrected chi connectivity index (χ1v) is 7.92. The van der Waals surface area contributed by atoms with E-state index in [4.69, 9.17) is 11.5 Å². The Morgan fingerprint density at radius 3 is 2.70 bits per heavy atom. The van der Waals surface area contributed by atoms with Crippen LogP contribution in [0.2, 0.25) is 0 Å². The van der Waals surface area contributed by atoms with Crippen LogP contribution in [-0.4, -0.2) is 35.9 Å². The maximum atomic E-state index is 11.4. The van der Waals surface area contributed by atoms with Crippen molar-refractivity contribution < 1.29 is 4.21 Å². The molecular weight excluding hydrogens is 276 g/mol. The fourth-order valence-corrected chi connectivity index (χ4v) is 3.70. The number of nitrogens with two attached hydrogens (primary N) is 2. The highest BCUT2D eigenvalue weighted by Gasteiger charge is 2.24. The molecule has 0 bridgehead atoms. The lowest BCUT2D eigenvalue weighted by Gasteiger charge is -2.22. The lowest BCUT2D eigenvalue weighted by molar-refractivity contribution is 0.415. The van der Waals surface area contributed by atoms with E-state index in [2.05, 4.69) is 15.5 Å². The van der Waals surface area contributed by atoms with Crippen LogP contribution in [0.4, 0.5) is 11.4 Å². The van der Waals surface area contributed by atoms with Crippen LogP contribution in [0.15, 0.2) is 18.2 Å². The summed E-state index contributed by atoms with van der Waals surface area (Å²) in [5, 5.41) is 11.9. The largest absolute Gasteiger partial charge is 0.399 e. The first kappa shape index (κ1) is 13.0. The molecule has 7 nitrogen and oxygen atoms in total. The summed E-state index contributed by atoms with van der Waals surface area (Å²) in [7, 11) is -0.704. The summed E-state index contributed by atoms with van der Waals surface area (Å²) < 4.78 is 13.2. The van der Waals surface area contributed by atoms with Gasteiger partial charge in [0.2, 0.25) is 0 Å². The number of nitrogen functional groups attached to an aromatic ring is 2. The molecule has 8 heteroatoms. The number of hydrogen-bond acceptors (Lipinski definition) is 6. The lowest BCUT2D eigenvalue weighted by atomic mass is 10.1. The summed E-state index contributed by atoms with van der Waals surface area (Å²) in [6, 6.07) is 5.48. The molecule has 106 valence electrons. The molecule has 0 radical (unpaired) electrons. The van der Waals surface area contributed by atoms with Crippen LogP contribution in [-0.2, 0) is 10.8 Å². The van der Waals surface area contributed by atoms with Gasteiger partial charge < -0.3 is 11.5 Å². The number of benzene rings is 1. The monoisotopic (exact) mass is 292 g/mol. The van der Waals surface area contributed by atoms with Gasteiger partial charge in [-0.3, -0.25) is 4.21 Å². The lowest BCUT2D eigenvalue weighted by Crippen LogP contribution is -2.23. The zero-order valence-corrected chi connectivity index (χ0v) is 11.7. The molecule has 1 aromatic heterocycles.